The van der Waals surface area contributed by atoms with E-state index in [-0.39, 0.29) is 11.6 Å². The van der Waals surface area contributed by atoms with Crippen LogP contribution in [0.2, 0.25) is 0 Å². The number of fused-ring (bicyclic) bond motifs is 1. The topological polar surface area (TPSA) is 48.0 Å². The Morgan fingerprint density at radius 1 is 1.08 bits per heavy atom. The number of benzene rings is 2. The molecule has 5 heteroatoms. The molecular formula is C21H15FN2O2. The molecule has 4 aromatic rings. The van der Waals surface area contributed by atoms with Gasteiger partial charge in [0, 0.05) is 6.54 Å². The SMILES string of the molecule is O=C(/C=C/c1ccco1)c1nc2ccccc2n1Cc1ccc(F)cc1. The minimum absolute atomic E-state index is 0.222. The van der Waals surface area contributed by atoms with Crippen LogP contribution >= 0.6 is 0 Å². The van der Waals surface area contributed by atoms with Gasteiger partial charge in [-0.25, -0.2) is 9.37 Å². The Morgan fingerprint density at radius 2 is 1.88 bits per heavy atom. The number of allylic oxidation sites excluding steroid dienone is 1. The molecule has 128 valence electrons. The van der Waals surface area contributed by atoms with E-state index >= 15 is 0 Å². The van der Waals surface area contributed by atoms with E-state index in [4.69, 9.17) is 4.42 Å². The molecule has 2 aromatic carbocycles. The van der Waals surface area contributed by atoms with Crippen LogP contribution in [0, 0.1) is 5.82 Å². The highest BCUT2D eigenvalue weighted by atomic mass is 19.1. The normalized spacial score (nSPS) is 11.4. The number of aromatic nitrogens is 2. The predicted octanol–water partition coefficient (Wildman–Crippen LogP) is 4.71. The second kappa shape index (κ2) is 6.80. The number of furan rings is 1. The highest BCUT2D eigenvalue weighted by molar-refractivity contribution is 6.06. The zero-order valence-corrected chi connectivity index (χ0v) is 13.8. The molecule has 0 spiro atoms. The summed E-state index contributed by atoms with van der Waals surface area (Å²) in [6.45, 7) is 0.427. The Labute approximate surface area is 149 Å². The van der Waals surface area contributed by atoms with Crippen molar-refractivity contribution in [1.82, 2.24) is 9.55 Å². The molecule has 4 rings (SSSR count). The second-order valence-electron chi connectivity index (χ2n) is 5.85. The summed E-state index contributed by atoms with van der Waals surface area (Å²) in [5, 5.41) is 0. The maximum atomic E-state index is 13.2. The van der Waals surface area contributed by atoms with E-state index in [9.17, 15) is 9.18 Å². The van der Waals surface area contributed by atoms with Crippen LogP contribution in [0.5, 0.6) is 0 Å². The highest BCUT2D eigenvalue weighted by Crippen LogP contribution is 2.19. The number of hydrogen-bond donors (Lipinski definition) is 0. The van der Waals surface area contributed by atoms with Crippen molar-refractivity contribution >= 4 is 22.9 Å². The maximum absolute atomic E-state index is 13.2. The summed E-state index contributed by atoms with van der Waals surface area (Å²) in [5.74, 6) is 0.416. The Morgan fingerprint density at radius 3 is 2.65 bits per heavy atom. The third-order valence-corrected chi connectivity index (χ3v) is 4.07. The van der Waals surface area contributed by atoms with Crippen molar-refractivity contribution in [3.8, 4) is 0 Å². The summed E-state index contributed by atoms with van der Waals surface area (Å²) in [5.41, 5.74) is 2.48. The van der Waals surface area contributed by atoms with E-state index in [1.807, 2.05) is 28.8 Å². The largest absolute Gasteiger partial charge is 0.465 e. The first-order chi connectivity index (χ1) is 12.7. The minimum Gasteiger partial charge on any atom is -0.465 e. The molecule has 0 aliphatic heterocycles. The maximum Gasteiger partial charge on any atom is 0.221 e. The van der Waals surface area contributed by atoms with Gasteiger partial charge in [0.15, 0.2) is 5.82 Å². The Hall–Kier alpha value is -3.47. The number of carbonyl (C=O) groups excluding carboxylic acids is 1. The van der Waals surface area contributed by atoms with Gasteiger partial charge in [0.1, 0.15) is 11.6 Å². The van der Waals surface area contributed by atoms with Crippen molar-refractivity contribution in [3.05, 3.63) is 96.0 Å². The summed E-state index contributed by atoms with van der Waals surface area (Å²) in [7, 11) is 0. The van der Waals surface area contributed by atoms with E-state index in [1.165, 1.54) is 18.2 Å². The lowest BCUT2D eigenvalue weighted by Gasteiger charge is -2.08. The molecule has 2 heterocycles. The van der Waals surface area contributed by atoms with Crippen LogP contribution in [0.3, 0.4) is 0 Å². The molecular weight excluding hydrogens is 331 g/mol. The Balaban J connectivity index is 1.73. The van der Waals surface area contributed by atoms with Gasteiger partial charge in [0.25, 0.3) is 0 Å². The zero-order chi connectivity index (χ0) is 17.9. The molecule has 0 unspecified atom stereocenters. The number of hydrogen-bond acceptors (Lipinski definition) is 3. The first-order valence-corrected chi connectivity index (χ1v) is 8.16. The second-order valence-corrected chi connectivity index (χ2v) is 5.85. The van der Waals surface area contributed by atoms with Crippen molar-refractivity contribution in [1.29, 1.82) is 0 Å². The van der Waals surface area contributed by atoms with Crippen LogP contribution < -0.4 is 0 Å². The van der Waals surface area contributed by atoms with Crippen LogP contribution in [0.15, 0.2) is 77.4 Å². The predicted molar refractivity (Wildman–Crippen MR) is 97.3 cm³/mol. The van der Waals surface area contributed by atoms with Crippen molar-refractivity contribution < 1.29 is 13.6 Å². The van der Waals surface area contributed by atoms with Crippen LogP contribution in [-0.2, 0) is 6.54 Å². The van der Waals surface area contributed by atoms with Gasteiger partial charge in [-0.1, -0.05) is 24.3 Å². The van der Waals surface area contributed by atoms with E-state index in [0.29, 0.717) is 18.1 Å². The zero-order valence-electron chi connectivity index (χ0n) is 13.8. The molecule has 0 aliphatic rings. The molecule has 4 nitrogen and oxygen atoms in total. The monoisotopic (exact) mass is 346 g/mol. The summed E-state index contributed by atoms with van der Waals surface area (Å²) in [6, 6.07) is 17.3. The average molecular weight is 346 g/mol. The minimum atomic E-state index is -0.290. The van der Waals surface area contributed by atoms with Crippen molar-refractivity contribution in [3.63, 3.8) is 0 Å². The molecule has 26 heavy (non-hydrogen) atoms. The molecule has 0 amide bonds. The van der Waals surface area contributed by atoms with E-state index in [2.05, 4.69) is 4.98 Å². The van der Waals surface area contributed by atoms with Gasteiger partial charge in [-0.15, -0.1) is 0 Å². The van der Waals surface area contributed by atoms with Gasteiger partial charge in [-0.2, -0.15) is 0 Å². The highest BCUT2D eigenvalue weighted by Gasteiger charge is 2.16. The number of rotatable bonds is 5. The molecule has 0 atom stereocenters. The first-order valence-electron chi connectivity index (χ1n) is 8.16. The third-order valence-electron chi connectivity index (χ3n) is 4.07. The van der Waals surface area contributed by atoms with Gasteiger partial charge < -0.3 is 8.98 Å². The summed E-state index contributed by atoms with van der Waals surface area (Å²) >= 11 is 0. The van der Waals surface area contributed by atoms with Gasteiger partial charge in [0.05, 0.1) is 17.3 Å². The summed E-state index contributed by atoms with van der Waals surface area (Å²) < 4.78 is 20.2. The molecule has 2 aromatic heterocycles. The van der Waals surface area contributed by atoms with Crippen LogP contribution in [0.25, 0.3) is 17.1 Å². The van der Waals surface area contributed by atoms with E-state index < -0.39 is 0 Å². The van der Waals surface area contributed by atoms with Crippen LogP contribution in [-0.4, -0.2) is 15.3 Å². The van der Waals surface area contributed by atoms with E-state index in [0.717, 1.165) is 16.6 Å². The first kappa shape index (κ1) is 16.0. The number of imidazole rings is 1. The Kier molecular flexibility index (Phi) is 4.19. The lowest BCUT2D eigenvalue weighted by Crippen LogP contribution is -2.09. The molecule has 0 fully saturated rings. The molecule has 0 N–H and O–H groups in total. The van der Waals surface area contributed by atoms with Crippen LogP contribution in [0.1, 0.15) is 21.9 Å². The standard InChI is InChI=1S/C21H15FN2O2/c22-16-9-7-15(8-10-16)14-24-19-6-2-1-5-18(19)23-21(24)20(25)12-11-17-4-3-13-26-17/h1-13H,14H2/b12-11+. The lowest BCUT2D eigenvalue weighted by molar-refractivity contribution is 0.103. The Bertz CT molecular complexity index is 1080. The third kappa shape index (κ3) is 3.19. The quantitative estimate of drug-likeness (QED) is 0.388. The van der Waals surface area contributed by atoms with Crippen molar-refractivity contribution in [2.75, 3.05) is 0 Å². The molecule has 0 bridgehead atoms. The van der Waals surface area contributed by atoms with Crippen LogP contribution in [0.4, 0.5) is 4.39 Å². The number of nitrogens with zero attached hydrogens (tertiary/aromatic N) is 2. The van der Waals surface area contributed by atoms with Gasteiger partial charge in [-0.3, -0.25) is 4.79 Å². The van der Waals surface area contributed by atoms with Gasteiger partial charge in [-0.05, 0) is 54.1 Å². The van der Waals surface area contributed by atoms with E-state index in [1.54, 1.807) is 36.6 Å². The van der Waals surface area contributed by atoms with Gasteiger partial charge >= 0.3 is 0 Å². The average Bonchev–Trinajstić information content (AvgIpc) is 3.30. The number of para-hydroxylation sites is 2. The molecule has 0 saturated carbocycles. The smallest absolute Gasteiger partial charge is 0.221 e. The number of carbonyl (C=O) groups is 1. The lowest BCUT2D eigenvalue weighted by atomic mass is 10.2. The number of ketones is 1. The molecule has 0 saturated heterocycles. The molecule has 0 aliphatic carbocycles. The van der Waals surface area contributed by atoms with Crippen molar-refractivity contribution in [2.24, 2.45) is 0 Å². The number of halogens is 1. The molecule has 0 radical (unpaired) electrons. The fourth-order valence-electron chi connectivity index (χ4n) is 2.81. The van der Waals surface area contributed by atoms with Crippen molar-refractivity contribution in [2.45, 2.75) is 6.54 Å². The van der Waals surface area contributed by atoms with Gasteiger partial charge in [0.2, 0.25) is 5.78 Å². The summed E-state index contributed by atoms with van der Waals surface area (Å²) in [6.07, 6.45) is 4.61. The fraction of sp³-hybridized carbons (Fsp3) is 0.0476. The fourth-order valence-corrected chi connectivity index (χ4v) is 2.81. The summed E-state index contributed by atoms with van der Waals surface area (Å²) in [4.78, 5) is 17.2.